The van der Waals surface area contributed by atoms with Gasteiger partial charge in [-0.05, 0) is 31.1 Å². The van der Waals surface area contributed by atoms with Gasteiger partial charge < -0.3 is 0 Å². The summed E-state index contributed by atoms with van der Waals surface area (Å²) < 4.78 is 0. The van der Waals surface area contributed by atoms with Crippen LogP contribution >= 0.6 is 0 Å². The molecule has 3 unspecified atom stereocenters. The molecule has 2 aliphatic carbocycles. The summed E-state index contributed by atoms with van der Waals surface area (Å²) in [6, 6.07) is 0. The van der Waals surface area contributed by atoms with E-state index in [1.807, 2.05) is 0 Å². The van der Waals surface area contributed by atoms with E-state index in [2.05, 4.69) is 6.58 Å². The first-order valence-electron chi connectivity index (χ1n) is 4.45. The molecule has 0 amide bonds. The van der Waals surface area contributed by atoms with Crippen LogP contribution in [0.3, 0.4) is 0 Å². The molecule has 0 aromatic rings. The van der Waals surface area contributed by atoms with Crippen molar-refractivity contribution in [1.29, 1.82) is 0 Å². The Labute approximate surface area is 71.6 Å². The van der Waals surface area contributed by atoms with Crippen LogP contribution in [-0.4, -0.2) is 11.5 Å². The summed E-state index contributed by atoms with van der Waals surface area (Å²) >= 11 is 0. The average molecular weight is 167 g/mol. The third kappa shape index (κ3) is 1.13. The molecular weight excluding hydrogens is 154 g/mol. The highest BCUT2D eigenvalue weighted by Crippen LogP contribution is 2.52. The summed E-state index contributed by atoms with van der Waals surface area (Å²) in [6.07, 6.45) is 3.23. The van der Waals surface area contributed by atoms with Gasteiger partial charge in [-0.1, -0.05) is 12.2 Å². The van der Waals surface area contributed by atoms with Gasteiger partial charge in [-0.3, -0.25) is 10.1 Å². The van der Waals surface area contributed by atoms with Gasteiger partial charge in [0.15, 0.2) is 0 Å². The maximum atomic E-state index is 10.3. The number of hydrogen-bond acceptors (Lipinski definition) is 2. The molecule has 2 aliphatic rings. The van der Waals surface area contributed by atoms with Crippen molar-refractivity contribution in [1.82, 2.24) is 0 Å². The van der Waals surface area contributed by atoms with Gasteiger partial charge in [-0.15, -0.1) is 0 Å². The quantitative estimate of drug-likeness (QED) is 0.358. The molecule has 2 saturated carbocycles. The number of rotatable bonds is 2. The lowest BCUT2D eigenvalue weighted by Crippen LogP contribution is -2.37. The molecule has 0 N–H and O–H groups in total. The van der Waals surface area contributed by atoms with Gasteiger partial charge in [-0.25, -0.2) is 0 Å². The van der Waals surface area contributed by atoms with Crippen LogP contribution in [0.15, 0.2) is 12.2 Å². The van der Waals surface area contributed by atoms with Crippen LogP contribution in [0.5, 0.6) is 0 Å². The molecule has 0 spiro atoms. The largest absolute Gasteiger partial charge is 0.265 e. The molecule has 0 heterocycles. The summed E-state index contributed by atoms with van der Waals surface area (Å²) in [6.45, 7) is 4.11. The Kier molecular flexibility index (Phi) is 1.67. The molecule has 2 fully saturated rings. The van der Waals surface area contributed by atoms with Gasteiger partial charge in [0.1, 0.15) is 0 Å². The van der Waals surface area contributed by atoms with Crippen LogP contribution < -0.4 is 0 Å². The van der Waals surface area contributed by atoms with Crippen molar-refractivity contribution in [2.45, 2.75) is 19.3 Å². The molecule has 0 aromatic heterocycles. The van der Waals surface area contributed by atoms with Crippen LogP contribution in [0.1, 0.15) is 19.3 Å². The van der Waals surface area contributed by atoms with Gasteiger partial charge in [-0.2, -0.15) is 0 Å². The molecular formula is C9H13NO2. The predicted octanol–water partition coefficient (Wildman–Crippen LogP) is 1.87. The minimum atomic E-state index is -0.179. The van der Waals surface area contributed by atoms with Crippen molar-refractivity contribution in [3.05, 3.63) is 22.3 Å². The van der Waals surface area contributed by atoms with Crippen LogP contribution in [0.25, 0.3) is 0 Å². The van der Waals surface area contributed by atoms with Gasteiger partial charge in [0.2, 0.25) is 6.54 Å². The summed E-state index contributed by atoms with van der Waals surface area (Å²) in [5.41, 5.74) is 1.30. The lowest BCUT2D eigenvalue weighted by molar-refractivity contribution is -0.494. The topological polar surface area (TPSA) is 43.1 Å². The SMILES string of the molecule is C=C1CC2CC(C[N+](=O)[O-])C2C1. The van der Waals surface area contributed by atoms with Crippen molar-refractivity contribution >= 4 is 0 Å². The van der Waals surface area contributed by atoms with E-state index in [1.165, 1.54) is 5.57 Å². The lowest BCUT2D eigenvalue weighted by Gasteiger charge is -2.37. The third-order valence-corrected chi connectivity index (χ3v) is 3.28. The van der Waals surface area contributed by atoms with E-state index in [-0.39, 0.29) is 11.5 Å². The molecule has 0 radical (unpaired) electrons. The Morgan fingerprint density at radius 2 is 2.33 bits per heavy atom. The van der Waals surface area contributed by atoms with E-state index >= 15 is 0 Å². The van der Waals surface area contributed by atoms with Crippen molar-refractivity contribution in [3.8, 4) is 0 Å². The molecule has 3 heteroatoms. The summed E-state index contributed by atoms with van der Waals surface area (Å²) in [7, 11) is 0. The molecule has 66 valence electrons. The zero-order chi connectivity index (χ0) is 8.72. The second-order valence-electron chi connectivity index (χ2n) is 4.09. The molecule has 0 aliphatic heterocycles. The van der Waals surface area contributed by atoms with Crippen molar-refractivity contribution in [2.75, 3.05) is 6.54 Å². The predicted molar refractivity (Wildman–Crippen MR) is 45.3 cm³/mol. The van der Waals surface area contributed by atoms with Crippen LogP contribution in [0.4, 0.5) is 0 Å². The third-order valence-electron chi connectivity index (χ3n) is 3.28. The van der Waals surface area contributed by atoms with Gasteiger partial charge in [0, 0.05) is 10.8 Å². The number of fused-ring (bicyclic) bond motifs is 1. The number of nitro groups is 1. The zero-order valence-corrected chi connectivity index (χ0v) is 7.03. The average Bonchev–Trinajstić information content (AvgIpc) is 2.24. The van der Waals surface area contributed by atoms with Crippen LogP contribution in [0, 0.1) is 27.9 Å². The summed E-state index contributed by atoms with van der Waals surface area (Å²) in [5.74, 6) is 1.69. The Hall–Kier alpha value is -0.860. The second kappa shape index (κ2) is 2.57. The van der Waals surface area contributed by atoms with Gasteiger partial charge >= 0.3 is 0 Å². The fourth-order valence-corrected chi connectivity index (χ4v) is 2.68. The Morgan fingerprint density at radius 3 is 2.92 bits per heavy atom. The van der Waals surface area contributed by atoms with E-state index in [1.54, 1.807) is 0 Å². The fourth-order valence-electron chi connectivity index (χ4n) is 2.68. The highest BCUT2D eigenvalue weighted by molar-refractivity contribution is 5.11. The first-order valence-corrected chi connectivity index (χ1v) is 4.45. The van der Waals surface area contributed by atoms with Crippen molar-refractivity contribution < 1.29 is 4.92 Å². The van der Waals surface area contributed by atoms with E-state index in [4.69, 9.17) is 0 Å². The Balaban J connectivity index is 1.91. The standard InChI is InChI=1S/C9H13NO2/c1-6-2-7-4-8(5-10(11)12)9(7)3-6/h7-9H,1-5H2. The molecule has 0 aromatic carbocycles. The smallest absolute Gasteiger partial charge is 0.206 e. The van der Waals surface area contributed by atoms with E-state index in [9.17, 15) is 10.1 Å². The van der Waals surface area contributed by atoms with E-state index < -0.39 is 0 Å². The normalized spacial score (nSPS) is 39.0. The highest BCUT2D eigenvalue weighted by atomic mass is 16.6. The lowest BCUT2D eigenvalue weighted by atomic mass is 9.67. The van der Waals surface area contributed by atoms with Gasteiger partial charge in [0.25, 0.3) is 0 Å². The highest BCUT2D eigenvalue weighted by Gasteiger charge is 2.47. The van der Waals surface area contributed by atoms with E-state index in [0.717, 1.165) is 25.2 Å². The van der Waals surface area contributed by atoms with Crippen molar-refractivity contribution in [3.63, 3.8) is 0 Å². The number of nitrogens with zero attached hydrogens (tertiary/aromatic N) is 1. The molecule has 3 nitrogen and oxygen atoms in total. The molecule has 2 rings (SSSR count). The summed E-state index contributed by atoms with van der Waals surface area (Å²) in [4.78, 5) is 10.1. The molecule has 0 saturated heterocycles. The first-order chi connectivity index (χ1) is 5.66. The van der Waals surface area contributed by atoms with Gasteiger partial charge in [0.05, 0.1) is 0 Å². The maximum absolute atomic E-state index is 10.3. The Morgan fingerprint density at radius 1 is 1.58 bits per heavy atom. The van der Waals surface area contributed by atoms with Crippen LogP contribution in [-0.2, 0) is 0 Å². The zero-order valence-electron chi connectivity index (χ0n) is 7.03. The van der Waals surface area contributed by atoms with Crippen molar-refractivity contribution in [2.24, 2.45) is 17.8 Å². The summed E-state index contributed by atoms with van der Waals surface area (Å²) in [5, 5.41) is 10.3. The Bertz CT molecular complexity index is 237. The maximum Gasteiger partial charge on any atom is 0.206 e. The molecule has 0 bridgehead atoms. The number of allylic oxidation sites excluding steroid dienone is 1. The minimum Gasteiger partial charge on any atom is -0.265 e. The monoisotopic (exact) mass is 167 g/mol. The molecule has 3 atom stereocenters. The minimum absolute atomic E-state index is 0.175. The fraction of sp³-hybridized carbons (Fsp3) is 0.778. The van der Waals surface area contributed by atoms with Crippen LogP contribution in [0.2, 0.25) is 0 Å². The van der Waals surface area contributed by atoms with E-state index in [0.29, 0.717) is 11.8 Å². The molecule has 12 heavy (non-hydrogen) atoms. The second-order valence-corrected chi connectivity index (χ2v) is 4.09. The number of hydrogen-bond donors (Lipinski definition) is 0. The first kappa shape index (κ1) is 7.77.